The highest BCUT2D eigenvalue weighted by Gasteiger charge is 2.09. The van der Waals surface area contributed by atoms with E-state index in [1.54, 1.807) is 11.3 Å². The third-order valence-electron chi connectivity index (χ3n) is 2.44. The Balaban J connectivity index is 2.38. The van der Waals surface area contributed by atoms with Crippen LogP contribution in [0.15, 0.2) is 18.2 Å². The Labute approximate surface area is 94.3 Å². The molecule has 0 bridgehead atoms. The van der Waals surface area contributed by atoms with Crippen LogP contribution in [0.3, 0.4) is 0 Å². The molecule has 1 atom stereocenters. The zero-order chi connectivity index (χ0) is 10.8. The maximum atomic E-state index is 4.63. The molecule has 0 fully saturated rings. The summed E-state index contributed by atoms with van der Waals surface area (Å²) in [7, 11) is 0. The lowest BCUT2D eigenvalue weighted by atomic mass is 10.2. The predicted molar refractivity (Wildman–Crippen MR) is 66.4 cm³/mol. The van der Waals surface area contributed by atoms with Crippen LogP contribution in [-0.4, -0.2) is 11.5 Å². The van der Waals surface area contributed by atoms with Gasteiger partial charge in [0.15, 0.2) is 0 Å². The summed E-state index contributed by atoms with van der Waals surface area (Å²) < 4.78 is 1.29. The summed E-state index contributed by atoms with van der Waals surface area (Å²) in [5, 5.41) is 4.56. The van der Waals surface area contributed by atoms with Crippen molar-refractivity contribution in [2.75, 3.05) is 6.54 Å². The van der Waals surface area contributed by atoms with E-state index in [0.717, 1.165) is 12.1 Å². The number of nitrogens with zero attached hydrogens (tertiary/aromatic N) is 1. The summed E-state index contributed by atoms with van der Waals surface area (Å²) in [5.74, 6) is 0. The number of benzene rings is 1. The molecule has 80 valence electrons. The van der Waals surface area contributed by atoms with Gasteiger partial charge in [0.25, 0.3) is 0 Å². The van der Waals surface area contributed by atoms with E-state index in [1.807, 2.05) is 0 Å². The molecule has 15 heavy (non-hydrogen) atoms. The lowest BCUT2D eigenvalue weighted by Gasteiger charge is -2.07. The molecule has 0 saturated heterocycles. The Morgan fingerprint density at radius 3 is 3.00 bits per heavy atom. The molecular formula is C12H16N2S. The molecule has 0 amide bonds. The standard InChI is InChI=1S/C12H16N2S/c1-4-13-9(3)12-14-10-6-5-8(2)7-11(10)15-12/h5-7,9,13H,4H2,1-3H3. The fourth-order valence-electron chi connectivity index (χ4n) is 1.63. The maximum absolute atomic E-state index is 4.63. The highest BCUT2D eigenvalue weighted by molar-refractivity contribution is 7.18. The number of aromatic nitrogens is 1. The van der Waals surface area contributed by atoms with Crippen LogP contribution in [-0.2, 0) is 0 Å². The third kappa shape index (κ3) is 2.19. The molecular weight excluding hydrogens is 204 g/mol. The van der Waals surface area contributed by atoms with Gasteiger partial charge in [-0.2, -0.15) is 0 Å². The minimum absolute atomic E-state index is 0.354. The smallest absolute Gasteiger partial charge is 0.111 e. The number of hydrogen-bond donors (Lipinski definition) is 1. The first-order chi connectivity index (χ1) is 7.20. The molecule has 0 aliphatic heterocycles. The van der Waals surface area contributed by atoms with Crippen molar-refractivity contribution in [1.82, 2.24) is 10.3 Å². The second kappa shape index (κ2) is 4.29. The molecule has 2 aromatic rings. The topological polar surface area (TPSA) is 24.9 Å². The largest absolute Gasteiger partial charge is 0.308 e. The first-order valence-corrected chi connectivity index (χ1v) is 6.13. The van der Waals surface area contributed by atoms with Gasteiger partial charge in [0.05, 0.1) is 16.3 Å². The van der Waals surface area contributed by atoms with Crippen molar-refractivity contribution >= 4 is 21.6 Å². The number of rotatable bonds is 3. The van der Waals surface area contributed by atoms with Crippen LogP contribution in [0.1, 0.15) is 30.5 Å². The molecule has 1 N–H and O–H groups in total. The van der Waals surface area contributed by atoms with Crippen LogP contribution in [0.2, 0.25) is 0 Å². The normalized spacial score (nSPS) is 13.3. The van der Waals surface area contributed by atoms with Gasteiger partial charge in [-0.25, -0.2) is 4.98 Å². The van der Waals surface area contributed by atoms with Gasteiger partial charge >= 0.3 is 0 Å². The SMILES string of the molecule is CCNC(C)c1nc2ccc(C)cc2s1. The van der Waals surface area contributed by atoms with Crippen LogP contribution >= 0.6 is 11.3 Å². The molecule has 0 aliphatic carbocycles. The van der Waals surface area contributed by atoms with Crippen molar-refractivity contribution in [2.24, 2.45) is 0 Å². The van der Waals surface area contributed by atoms with Crippen LogP contribution in [0.25, 0.3) is 10.2 Å². The first kappa shape index (κ1) is 10.6. The molecule has 2 rings (SSSR count). The van der Waals surface area contributed by atoms with Crippen molar-refractivity contribution in [1.29, 1.82) is 0 Å². The van der Waals surface area contributed by atoms with E-state index in [9.17, 15) is 0 Å². The second-order valence-electron chi connectivity index (χ2n) is 3.80. The lowest BCUT2D eigenvalue weighted by Crippen LogP contribution is -2.17. The van der Waals surface area contributed by atoms with Gasteiger partial charge in [0.2, 0.25) is 0 Å². The minimum atomic E-state index is 0.354. The summed E-state index contributed by atoms with van der Waals surface area (Å²) in [5.41, 5.74) is 2.42. The number of aryl methyl sites for hydroxylation is 1. The van der Waals surface area contributed by atoms with E-state index >= 15 is 0 Å². The van der Waals surface area contributed by atoms with Gasteiger partial charge in [-0.3, -0.25) is 0 Å². The van der Waals surface area contributed by atoms with Crippen LogP contribution in [0.5, 0.6) is 0 Å². The molecule has 3 heteroatoms. The fourth-order valence-corrected chi connectivity index (χ4v) is 2.72. The highest BCUT2D eigenvalue weighted by Crippen LogP contribution is 2.26. The van der Waals surface area contributed by atoms with Gasteiger partial charge in [-0.15, -0.1) is 11.3 Å². The molecule has 0 spiro atoms. The number of thiazole rings is 1. The van der Waals surface area contributed by atoms with Gasteiger partial charge < -0.3 is 5.32 Å². The second-order valence-corrected chi connectivity index (χ2v) is 4.86. The lowest BCUT2D eigenvalue weighted by molar-refractivity contribution is 0.596. The molecule has 1 unspecified atom stereocenters. The zero-order valence-electron chi connectivity index (χ0n) is 9.37. The summed E-state index contributed by atoms with van der Waals surface area (Å²) in [4.78, 5) is 4.63. The van der Waals surface area contributed by atoms with Crippen LogP contribution in [0, 0.1) is 6.92 Å². The van der Waals surface area contributed by atoms with E-state index in [1.165, 1.54) is 15.3 Å². The molecule has 1 aromatic heterocycles. The molecule has 0 aliphatic rings. The number of nitrogens with one attached hydrogen (secondary N) is 1. The first-order valence-electron chi connectivity index (χ1n) is 5.31. The summed E-state index contributed by atoms with van der Waals surface area (Å²) in [6.07, 6.45) is 0. The molecule has 2 nitrogen and oxygen atoms in total. The Hall–Kier alpha value is -0.930. The van der Waals surface area contributed by atoms with Gasteiger partial charge in [-0.05, 0) is 38.1 Å². The quantitative estimate of drug-likeness (QED) is 0.858. The average Bonchev–Trinajstić information content (AvgIpc) is 2.60. The van der Waals surface area contributed by atoms with Crippen LogP contribution in [0.4, 0.5) is 0 Å². The Morgan fingerprint density at radius 1 is 1.47 bits per heavy atom. The fraction of sp³-hybridized carbons (Fsp3) is 0.417. The summed E-state index contributed by atoms with van der Waals surface area (Å²) in [6, 6.07) is 6.77. The predicted octanol–water partition coefficient (Wildman–Crippen LogP) is 3.28. The van der Waals surface area contributed by atoms with E-state index in [0.29, 0.717) is 6.04 Å². The van der Waals surface area contributed by atoms with Crippen molar-refractivity contribution in [3.63, 3.8) is 0 Å². The zero-order valence-corrected chi connectivity index (χ0v) is 10.2. The Morgan fingerprint density at radius 2 is 2.27 bits per heavy atom. The molecule has 0 radical (unpaired) electrons. The van der Waals surface area contributed by atoms with E-state index in [2.05, 4.69) is 49.3 Å². The Kier molecular flexibility index (Phi) is 3.03. The molecule has 1 aromatic carbocycles. The van der Waals surface area contributed by atoms with Crippen molar-refractivity contribution in [3.05, 3.63) is 28.8 Å². The van der Waals surface area contributed by atoms with E-state index < -0.39 is 0 Å². The van der Waals surface area contributed by atoms with Crippen molar-refractivity contribution in [3.8, 4) is 0 Å². The average molecular weight is 220 g/mol. The highest BCUT2D eigenvalue weighted by atomic mass is 32.1. The number of hydrogen-bond acceptors (Lipinski definition) is 3. The van der Waals surface area contributed by atoms with Crippen molar-refractivity contribution < 1.29 is 0 Å². The van der Waals surface area contributed by atoms with E-state index in [4.69, 9.17) is 0 Å². The molecule has 1 heterocycles. The minimum Gasteiger partial charge on any atom is -0.308 e. The van der Waals surface area contributed by atoms with Gasteiger partial charge in [0, 0.05) is 0 Å². The maximum Gasteiger partial charge on any atom is 0.111 e. The number of fused-ring (bicyclic) bond motifs is 1. The third-order valence-corrected chi connectivity index (χ3v) is 3.64. The Bertz CT molecular complexity index is 462. The summed E-state index contributed by atoms with van der Waals surface area (Å²) >= 11 is 1.79. The van der Waals surface area contributed by atoms with Crippen molar-refractivity contribution in [2.45, 2.75) is 26.8 Å². The monoisotopic (exact) mass is 220 g/mol. The van der Waals surface area contributed by atoms with Gasteiger partial charge in [-0.1, -0.05) is 13.0 Å². The van der Waals surface area contributed by atoms with E-state index in [-0.39, 0.29) is 0 Å². The molecule has 0 saturated carbocycles. The van der Waals surface area contributed by atoms with Crippen LogP contribution < -0.4 is 5.32 Å². The van der Waals surface area contributed by atoms with Gasteiger partial charge in [0.1, 0.15) is 5.01 Å². The summed E-state index contributed by atoms with van der Waals surface area (Å²) in [6.45, 7) is 7.38.